The zero-order valence-corrected chi connectivity index (χ0v) is 7.48. The van der Waals surface area contributed by atoms with E-state index in [1.807, 2.05) is 0 Å². The first-order valence-electron chi connectivity index (χ1n) is 4.10. The van der Waals surface area contributed by atoms with Crippen LogP contribution in [0.1, 0.15) is 26.7 Å². The third kappa shape index (κ3) is 4.64. The number of terminal acetylenes is 1. The molecule has 0 radical (unpaired) electrons. The molecule has 0 aliphatic rings. The van der Waals surface area contributed by atoms with E-state index in [9.17, 15) is 0 Å². The van der Waals surface area contributed by atoms with Gasteiger partial charge in [0.1, 0.15) is 0 Å². The van der Waals surface area contributed by atoms with E-state index in [1.165, 1.54) is 5.57 Å². The predicted octanol–water partition coefficient (Wildman–Crippen LogP) is 1.95. The first-order chi connectivity index (χ1) is 5.24. The summed E-state index contributed by atoms with van der Waals surface area (Å²) in [6.45, 7) is 8.90. The Kier molecular flexibility index (Phi) is 5.60. The monoisotopic (exact) mass is 151 g/mol. The summed E-state index contributed by atoms with van der Waals surface area (Å²) >= 11 is 0. The second-order valence-electron chi connectivity index (χ2n) is 2.61. The normalized spacial score (nSPS) is 12.1. The van der Waals surface area contributed by atoms with Crippen molar-refractivity contribution in [2.75, 3.05) is 6.54 Å². The fraction of sp³-hybridized carbons (Fsp3) is 0.600. The largest absolute Gasteiger partial charge is 0.300 e. The minimum absolute atomic E-state index is 0.207. The molecule has 0 aromatic heterocycles. The third-order valence-electron chi connectivity index (χ3n) is 1.71. The average Bonchev–Trinajstić information content (AvgIpc) is 2.06. The molecule has 0 bridgehead atoms. The highest BCUT2D eigenvalue weighted by atomic mass is 14.9. The van der Waals surface area contributed by atoms with Gasteiger partial charge in [0.05, 0.1) is 6.04 Å². The van der Waals surface area contributed by atoms with E-state index < -0.39 is 0 Å². The van der Waals surface area contributed by atoms with Gasteiger partial charge in [0.15, 0.2) is 0 Å². The number of rotatable bonds is 5. The number of hydrogen-bond donors (Lipinski definition) is 1. The van der Waals surface area contributed by atoms with Gasteiger partial charge in [-0.05, 0) is 12.8 Å². The Bertz CT molecular complexity index is 153. The van der Waals surface area contributed by atoms with E-state index in [1.54, 1.807) is 0 Å². The maximum Gasteiger partial charge on any atom is 0.0686 e. The van der Waals surface area contributed by atoms with Gasteiger partial charge < -0.3 is 0 Å². The van der Waals surface area contributed by atoms with Crippen LogP contribution in [-0.2, 0) is 0 Å². The van der Waals surface area contributed by atoms with Crippen molar-refractivity contribution in [3.8, 4) is 12.3 Å². The van der Waals surface area contributed by atoms with Crippen LogP contribution in [0.4, 0.5) is 0 Å². The van der Waals surface area contributed by atoms with Gasteiger partial charge in [-0.1, -0.05) is 31.9 Å². The number of hydrogen-bond acceptors (Lipinski definition) is 1. The Labute approximate surface area is 69.9 Å². The van der Waals surface area contributed by atoms with E-state index in [2.05, 4.69) is 31.7 Å². The molecule has 0 rings (SSSR count). The lowest BCUT2D eigenvalue weighted by Crippen LogP contribution is -2.28. The van der Waals surface area contributed by atoms with Gasteiger partial charge >= 0.3 is 0 Å². The minimum atomic E-state index is 0.207. The van der Waals surface area contributed by atoms with Crippen molar-refractivity contribution < 1.29 is 0 Å². The van der Waals surface area contributed by atoms with Crippen LogP contribution < -0.4 is 5.32 Å². The summed E-state index contributed by atoms with van der Waals surface area (Å²) < 4.78 is 0. The summed E-state index contributed by atoms with van der Waals surface area (Å²) in [4.78, 5) is 0. The molecule has 1 nitrogen and oxygen atoms in total. The Balaban J connectivity index is 3.52. The molecular formula is C10H17N. The fourth-order valence-corrected chi connectivity index (χ4v) is 0.714. The van der Waals surface area contributed by atoms with Gasteiger partial charge in [-0.25, -0.2) is 0 Å². The fourth-order valence-electron chi connectivity index (χ4n) is 0.714. The highest BCUT2D eigenvalue weighted by molar-refractivity contribution is 5.02. The predicted molar refractivity (Wildman–Crippen MR) is 50.3 cm³/mol. The van der Waals surface area contributed by atoms with Crippen LogP contribution in [0.3, 0.4) is 0 Å². The third-order valence-corrected chi connectivity index (χ3v) is 1.71. The summed E-state index contributed by atoms with van der Waals surface area (Å²) in [5.41, 5.74) is 1.21. The standard InChI is InChI=1S/C10H17N/c1-5-9(4)8-11-10(6-2)7-3/h2,10-11H,4-5,7-8H2,1,3H3. The van der Waals surface area contributed by atoms with Crippen LogP contribution in [0.2, 0.25) is 0 Å². The lowest BCUT2D eigenvalue weighted by molar-refractivity contribution is 0.618. The molecule has 0 spiro atoms. The first kappa shape index (κ1) is 10.3. The summed E-state index contributed by atoms with van der Waals surface area (Å²) in [5.74, 6) is 2.68. The minimum Gasteiger partial charge on any atom is -0.300 e. The van der Waals surface area contributed by atoms with Crippen LogP contribution >= 0.6 is 0 Å². The van der Waals surface area contributed by atoms with E-state index in [4.69, 9.17) is 6.42 Å². The van der Waals surface area contributed by atoms with Crippen molar-refractivity contribution in [1.29, 1.82) is 0 Å². The second kappa shape index (κ2) is 6.00. The van der Waals surface area contributed by atoms with Crippen LogP contribution in [-0.4, -0.2) is 12.6 Å². The SMILES string of the molecule is C#CC(CC)NCC(=C)CC. The van der Waals surface area contributed by atoms with Crippen molar-refractivity contribution >= 4 is 0 Å². The van der Waals surface area contributed by atoms with Gasteiger partial charge in [-0.15, -0.1) is 6.42 Å². The maximum atomic E-state index is 5.27. The smallest absolute Gasteiger partial charge is 0.0686 e. The van der Waals surface area contributed by atoms with Crippen molar-refractivity contribution in [3.63, 3.8) is 0 Å². The summed E-state index contributed by atoms with van der Waals surface area (Å²) in [6.07, 6.45) is 7.27. The molecule has 62 valence electrons. The summed E-state index contributed by atoms with van der Waals surface area (Å²) in [7, 11) is 0. The first-order valence-corrected chi connectivity index (χ1v) is 4.10. The van der Waals surface area contributed by atoms with Gasteiger partial charge in [0.2, 0.25) is 0 Å². The van der Waals surface area contributed by atoms with E-state index >= 15 is 0 Å². The highest BCUT2D eigenvalue weighted by Crippen LogP contribution is 1.95. The zero-order chi connectivity index (χ0) is 8.69. The summed E-state index contributed by atoms with van der Waals surface area (Å²) in [5, 5.41) is 3.23. The lowest BCUT2D eigenvalue weighted by Gasteiger charge is -2.10. The molecule has 1 unspecified atom stereocenters. The summed E-state index contributed by atoms with van der Waals surface area (Å²) in [6, 6.07) is 0.207. The van der Waals surface area contributed by atoms with Crippen molar-refractivity contribution in [2.24, 2.45) is 0 Å². The molecule has 0 amide bonds. The Morgan fingerprint density at radius 2 is 2.27 bits per heavy atom. The molecule has 0 fully saturated rings. The Morgan fingerprint density at radius 1 is 1.64 bits per heavy atom. The van der Waals surface area contributed by atoms with Crippen LogP contribution in [0.5, 0.6) is 0 Å². The van der Waals surface area contributed by atoms with E-state index in [-0.39, 0.29) is 6.04 Å². The van der Waals surface area contributed by atoms with E-state index in [0.717, 1.165) is 19.4 Å². The van der Waals surface area contributed by atoms with Crippen molar-refractivity contribution in [2.45, 2.75) is 32.7 Å². The molecule has 0 aromatic rings. The van der Waals surface area contributed by atoms with Crippen molar-refractivity contribution in [3.05, 3.63) is 12.2 Å². The second-order valence-corrected chi connectivity index (χ2v) is 2.61. The molecule has 0 heterocycles. The zero-order valence-electron chi connectivity index (χ0n) is 7.48. The lowest BCUT2D eigenvalue weighted by atomic mass is 10.2. The molecule has 11 heavy (non-hydrogen) atoms. The van der Waals surface area contributed by atoms with Crippen LogP contribution in [0, 0.1) is 12.3 Å². The molecule has 0 aliphatic heterocycles. The van der Waals surface area contributed by atoms with Crippen LogP contribution in [0.25, 0.3) is 0 Å². The molecule has 1 atom stereocenters. The highest BCUT2D eigenvalue weighted by Gasteiger charge is 1.99. The van der Waals surface area contributed by atoms with E-state index in [0.29, 0.717) is 0 Å². The molecule has 0 saturated carbocycles. The molecule has 0 saturated heterocycles. The molecule has 0 aliphatic carbocycles. The topological polar surface area (TPSA) is 12.0 Å². The van der Waals surface area contributed by atoms with Gasteiger partial charge in [-0.2, -0.15) is 0 Å². The van der Waals surface area contributed by atoms with Gasteiger partial charge in [-0.3, -0.25) is 5.32 Å². The Morgan fingerprint density at radius 3 is 2.64 bits per heavy atom. The van der Waals surface area contributed by atoms with Crippen molar-refractivity contribution in [1.82, 2.24) is 5.32 Å². The van der Waals surface area contributed by atoms with Gasteiger partial charge in [0.25, 0.3) is 0 Å². The molecule has 1 N–H and O–H groups in total. The maximum absolute atomic E-state index is 5.27. The van der Waals surface area contributed by atoms with Gasteiger partial charge in [0, 0.05) is 6.54 Å². The quantitative estimate of drug-likeness (QED) is 0.468. The Hall–Kier alpha value is -0.740. The number of nitrogens with one attached hydrogen (secondary N) is 1. The molecule has 1 heteroatoms. The molecule has 0 aromatic carbocycles. The van der Waals surface area contributed by atoms with Crippen LogP contribution in [0.15, 0.2) is 12.2 Å². The molecular weight excluding hydrogens is 134 g/mol. The average molecular weight is 151 g/mol.